The minimum absolute atomic E-state index is 0.348. The van der Waals surface area contributed by atoms with Crippen LogP contribution >= 0.6 is 0 Å². The number of nitriles is 1. The number of pyridine rings is 3. The summed E-state index contributed by atoms with van der Waals surface area (Å²) in [4.78, 5) is 20.2. The fourth-order valence-electron chi connectivity index (χ4n) is 3.24. The van der Waals surface area contributed by atoms with Gasteiger partial charge in [-0.25, -0.2) is 18.4 Å². The summed E-state index contributed by atoms with van der Waals surface area (Å²) < 4.78 is 25.4. The second kappa shape index (κ2) is 6.85. The van der Waals surface area contributed by atoms with Crippen molar-refractivity contribution in [1.82, 2.24) is 35.1 Å². The number of sulfonamides is 1. The number of aromatic nitrogens is 7. The fraction of sp³-hybridized carbons (Fsp3) is 0.0526. The number of anilines is 1. The molecule has 0 saturated heterocycles. The third-order valence-electron chi connectivity index (χ3n) is 4.53. The molecule has 0 atom stereocenters. The summed E-state index contributed by atoms with van der Waals surface area (Å²) in [6.07, 6.45) is 8.81. The number of fused-ring (bicyclic) bond motifs is 2. The second-order valence-corrected chi connectivity index (χ2v) is 8.56. The monoisotopic (exact) mass is 431 g/mol. The smallest absolute Gasteiger partial charge is 0.229 e. The van der Waals surface area contributed by atoms with Gasteiger partial charge in [-0.3, -0.25) is 19.8 Å². The molecule has 5 aromatic rings. The predicted octanol–water partition coefficient (Wildman–Crippen LogP) is 2.20. The van der Waals surface area contributed by atoms with Crippen LogP contribution in [0, 0.1) is 11.3 Å². The Morgan fingerprint density at radius 2 is 1.87 bits per heavy atom. The lowest BCUT2D eigenvalue weighted by molar-refractivity contribution is 0.607. The van der Waals surface area contributed by atoms with E-state index in [-0.39, 0.29) is 0 Å². The van der Waals surface area contributed by atoms with Gasteiger partial charge in [0.15, 0.2) is 11.5 Å². The second-order valence-electron chi connectivity index (χ2n) is 6.81. The molecule has 5 rings (SSSR count). The fourth-order valence-corrected chi connectivity index (χ4v) is 3.78. The molecule has 0 aliphatic carbocycles. The number of hydrogen-bond donors (Lipinski definition) is 3. The molecule has 0 fully saturated rings. The van der Waals surface area contributed by atoms with E-state index in [0.717, 1.165) is 11.8 Å². The maximum Gasteiger partial charge on any atom is 0.229 e. The van der Waals surface area contributed by atoms with Crippen LogP contribution in [0.2, 0.25) is 0 Å². The van der Waals surface area contributed by atoms with Crippen LogP contribution in [0.4, 0.5) is 5.69 Å². The number of nitrogens with one attached hydrogen (secondary N) is 3. The highest BCUT2D eigenvalue weighted by atomic mass is 32.2. The molecule has 0 aliphatic rings. The van der Waals surface area contributed by atoms with Gasteiger partial charge < -0.3 is 4.98 Å². The highest BCUT2D eigenvalue weighted by Crippen LogP contribution is 2.30. The molecule has 0 amide bonds. The van der Waals surface area contributed by atoms with Crippen LogP contribution in [0.1, 0.15) is 5.56 Å². The lowest BCUT2D eigenvalue weighted by atomic mass is 10.1. The predicted molar refractivity (Wildman–Crippen MR) is 113 cm³/mol. The van der Waals surface area contributed by atoms with Crippen LogP contribution < -0.4 is 4.72 Å². The van der Waals surface area contributed by atoms with Crippen molar-refractivity contribution in [2.45, 2.75) is 0 Å². The first-order valence-electron chi connectivity index (χ1n) is 8.93. The Labute approximate surface area is 175 Å². The Kier molecular flexibility index (Phi) is 4.12. The minimum Gasteiger partial charge on any atom is -0.335 e. The first kappa shape index (κ1) is 18.6. The molecule has 5 heterocycles. The highest BCUT2D eigenvalue weighted by Gasteiger charge is 2.16. The number of aromatic amines is 2. The lowest BCUT2D eigenvalue weighted by Crippen LogP contribution is -2.09. The zero-order valence-corrected chi connectivity index (χ0v) is 16.8. The van der Waals surface area contributed by atoms with Crippen LogP contribution in [0.15, 0.2) is 43.1 Å². The Bertz CT molecular complexity index is 1610. The minimum atomic E-state index is -3.42. The van der Waals surface area contributed by atoms with E-state index in [1.165, 1.54) is 12.4 Å². The summed E-state index contributed by atoms with van der Waals surface area (Å²) in [7, 11) is -3.42. The molecular formula is C19H13N9O2S. The summed E-state index contributed by atoms with van der Waals surface area (Å²) in [6.45, 7) is 0. The first-order chi connectivity index (χ1) is 14.9. The number of hydrogen-bond acceptors (Lipinski definition) is 8. The van der Waals surface area contributed by atoms with E-state index in [1.54, 1.807) is 24.7 Å². The van der Waals surface area contributed by atoms with Gasteiger partial charge in [-0.2, -0.15) is 10.4 Å². The van der Waals surface area contributed by atoms with E-state index in [9.17, 15) is 13.7 Å². The van der Waals surface area contributed by atoms with Crippen LogP contribution in [0.25, 0.3) is 44.7 Å². The third-order valence-corrected chi connectivity index (χ3v) is 5.14. The maximum atomic E-state index is 11.5. The average molecular weight is 431 g/mol. The molecule has 12 heteroatoms. The van der Waals surface area contributed by atoms with Crippen LogP contribution in [-0.2, 0) is 10.0 Å². The van der Waals surface area contributed by atoms with Gasteiger partial charge in [0, 0.05) is 29.7 Å². The van der Waals surface area contributed by atoms with Crippen molar-refractivity contribution in [3.63, 3.8) is 0 Å². The number of nitrogens with zero attached hydrogens (tertiary/aromatic N) is 6. The highest BCUT2D eigenvalue weighted by molar-refractivity contribution is 7.92. The van der Waals surface area contributed by atoms with E-state index < -0.39 is 10.0 Å². The van der Waals surface area contributed by atoms with Gasteiger partial charge in [-0.15, -0.1) is 0 Å². The van der Waals surface area contributed by atoms with Crippen LogP contribution in [-0.4, -0.2) is 49.8 Å². The van der Waals surface area contributed by atoms with Gasteiger partial charge in [-0.1, -0.05) is 0 Å². The van der Waals surface area contributed by atoms with Crippen molar-refractivity contribution in [2.24, 2.45) is 0 Å². The molecule has 0 spiro atoms. The van der Waals surface area contributed by atoms with E-state index in [1.807, 2.05) is 6.07 Å². The maximum absolute atomic E-state index is 11.5. The van der Waals surface area contributed by atoms with Gasteiger partial charge >= 0.3 is 0 Å². The molecule has 3 N–H and O–H groups in total. The van der Waals surface area contributed by atoms with Gasteiger partial charge in [0.2, 0.25) is 10.0 Å². The molecular weight excluding hydrogens is 418 g/mol. The van der Waals surface area contributed by atoms with Crippen molar-refractivity contribution in [3.8, 4) is 28.7 Å². The number of rotatable bonds is 4. The van der Waals surface area contributed by atoms with E-state index in [4.69, 9.17) is 0 Å². The topological polar surface area (TPSA) is 166 Å². The standard InChI is InChI=1S/C19H13N9O2S/c1-31(29,30)28-13-2-10(5-21-8-13)11-3-14-17(26-27-18(14)23-7-11)19-24-15-9-22-6-12(4-20)16(15)25-19/h2-3,5-9,28H,1H3,(H,24,25)(H,23,26,27). The molecule has 0 saturated carbocycles. The van der Waals surface area contributed by atoms with Gasteiger partial charge in [0.1, 0.15) is 17.3 Å². The lowest BCUT2D eigenvalue weighted by Gasteiger charge is -2.06. The average Bonchev–Trinajstić information content (AvgIpc) is 3.35. The summed E-state index contributed by atoms with van der Waals surface area (Å²) in [6, 6.07) is 5.61. The molecule has 11 nitrogen and oxygen atoms in total. The first-order valence-corrected chi connectivity index (χ1v) is 10.8. The molecule has 5 aromatic heterocycles. The Morgan fingerprint density at radius 1 is 1.06 bits per heavy atom. The van der Waals surface area contributed by atoms with Crippen molar-refractivity contribution >= 4 is 37.8 Å². The zero-order valence-electron chi connectivity index (χ0n) is 15.9. The van der Waals surface area contributed by atoms with E-state index in [2.05, 4.69) is 45.9 Å². The molecule has 0 radical (unpaired) electrons. The molecule has 0 aromatic carbocycles. The summed E-state index contributed by atoms with van der Waals surface area (Å²) in [5.41, 5.74) is 4.32. The Balaban J connectivity index is 1.62. The number of imidazole rings is 1. The quantitative estimate of drug-likeness (QED) is 0.389. The molecule has 0 unspecified atom stereocenters. The summed E-state index contributed by atoms with van der Waals surface area (Å²) in [5, 5.41) is 17.2. The van der Waals surface area contributed by atoms with Crippen molar-refractivity contribution < 1.29 is 8.42 Å². The molecule has 0 aliphatic heterocycles. The summed E-state index contributed by atoms with van der Waals surface area (Å²) >= 11 is 0. The van der Waals surface area contributed by atoms with Gasteiger partial charge in [0.25, 0.3) is 0 Å². The third kappa shape index (κ3) is 3.43. The van der Waals surface area contributed by atoms with Gasteiger partial charge in [0.05, 0.1) is 40.8 Å². The zero-order chi connectivity index (χ0) is 21.6. The Hall–Kier alpha value is -4.37. The van der Waals surface area contributed by atoms with E-state index in [0.29, 0.717) is 50.4 Å². The van der Waals surface area contributed by atoms with Crippen LogP contribution in [0.3, 0.4) is 0 Å². The molecule has 152 valence electrons. The normalized spacial score (nSPS) is 11.6. The van der Waals surface area contributed by atoms with E-state index >= 15 is 0 Å². The van der Waals surface area contributed by atoms with Crippen molar-refractivity contribution in [2.75, 3.05) is 11.0 Å². The summed E-state index contributed by atoms with van der Waals surface area (Å²) in [5.74, 6) is 0.468. The SMILES string of the molecule is CS(=O)(=O)Nc1cncc(-c2cnc3[nH]nc(-c4nc5c(C#N)cncc5[nH]4)c3c2)c1. The van der Waals surface area contributed by atoms with Gasteiger partial charge in [-0.05, 0) is 12.1 Å². The van der Waals surface area contributed by atoms with Crippen molar-refractivity contribution in [3.05, 3.63) is 48.7 Å². The Morgan fingerprint density at radius 3 is 2.68 bits per heavy atom. The largest absolute Gasteiger partial charge is 0.335 e. The van der Waals surface area contributed by atoms with Crippen molar-refractivity contribution in [1.29, 1.82) is 5.26 Å². The van der Waals surface area contributed by atoms with Crippen LogP contribution in [0.5, 0.6) is 0 Å². The molecule has 31 heavy (non-hydrogen) atoms. The molecule has 0 bridgehead atoms. The number of H-pyrrole nitrogens is 2.